The van der Waals surface area contributed by atoms with Crippen LogP contribution in [-0.2, 0) is 0 Å². The molecular formula is C10H8N4O3S. The molecule has 0 fully saturated rings. The van der Waals surface area contributed by atoms with Gasteiger partial charge in [0.2, 0.25) is 5.13 Å². The highest BCUT2D eigenvalue weighted by atomic mass is 32.1. The first kappa shape index (κ1) is 12.1. The van der Waals surface area contributed by atoms with Crippen LogP contribution >= 0.6 is 11.3 Å². The first-order valence-corrected chi connectivity index (χ1v) is 5.74. The molecule has 0 saturated heterocycles. The molecule has 0 aromatic carbocycles. The molecule has 0 radical (unpaired) electrons. The number of aromatic nitrogens is 3. The summed E-state index contributed by atoms with van der Waals surface area (Å²) in [5, 5.41) is 19.0. The lowest BCUT2D eigenvalue weighted by atomic mass is 10.2. The standard InChI is InChI=1S/C10H8N4O3S/c1-5-6(9(16)17)2-3-7(12-5)8(15)13-10-14-11-4-18-10/h2-4H,1H3,(H,16,17)(H,13,14,15). The first-order chi connectivity index (χ1) is 8.58. The third kappa shape index (κ3) is 2.48. The van der Waals surface area contributed by atoms with Crippen molar-refractivity contribution in [2.45, 2.75) is 6.92 Å². The summed E-state index contributed by atoms with van der Waals surface area (Å²) < 4.78 is 0. The van der Waals surface area contributed by atoms with Crippen LogP contribution in [0.5, 0.6) is 0 Å². The number of nitrogens with zero attached hydrogens (tertiary/aromatic N) is 3. The van der Waals surface area contributed by atoms with Crippen molar-refractivity contribution in [3.63, 3.8) is 0 Å². The number of carboxylic acid groups (broad SMARTS) is 1. The molecular weight excluding hydrogens is 256 g/mol. The Morgan fingerprint density at radius 3 is 2.72 bits per heavy atom. The molecule has 0 aliphatic rings. The summed E-state index contributed by atoms with van der Waals surface area (Å²) in [5.74, 6) is -1.53. The third-order valence-electron chi connectivity index (χ3n) is 2.13. The zero-order valence-electron chi connectivity index (χ0n) is 9.25. The average molecular weight is 264 g/mol. The number of pyridine rings is 1. The lowest BCUT2D eigenvalue weighted by molar-refractivity contribution is 0.0695. The number of carbonyl (C=O) groups is 2. The first-order valence-electron chi connectivity index (χ1n) is 4.86. The van der Waals surface area contributed by atoms with Gasteiger partial charge >= 0.3 is 5.97 Å². The van der Waals surface area contributed by atoms with Gasteiger partial charge in [0, 0.05) is 0 Å². The van der Waals surface area contributed by atoms with Crippen LogP contribution in [-0.4, -0.2) is 32.2 Å². The van der Waals surface area contributed by atoms with Crippen molar-refractivity contribution in [1.29, 1.82) is 0 Å². The summed E-state index contributed by atoms with van der Waals surface area (Å²) in [5.41, 5.74) is 1.98. The van der Waals surface area contributed by atoms with Crippen LogP contribution in [0.1, 0.15) is 26.5 Å². The molecule has 7 nitrogen and oxygen atoms in total. The SMILES string of the molecule is Cc1nc(C(=O)Nc2nncs2)ccc1C(=O)O. The summed E-state index contributed by atoms with van der Waals surface area (Å²) in [6.45, 7) is 1.53. The molecule has 0 saturated carbocycles. The Labute approximate surface area is 106 Å². The van der Waals surface area contributed by atoms with E-state index in [1.165, 1.54) is 35.9 Å². The summed E-state index contributed by atoms with van der Waals surface area (Å²) in [4.78, 5) is 26.5. The lowest BCUT2D eigenvalue weighted by Gasteiger charge is -2.03. The topological polar surface area (TPSA) is 105 Å². The number of anilines is 1. The maximum Gasteiger partial charge on any atom is 0.337 e. The highest BCUT2D eigenvalue weighted by Crippen LogP contribution is 2.11. The minimum Gasteiger partial charge on any atom is -0.478 e. The van der Waals surface area contributed by atoms with Gasteiger partial charge in [-0.1, -0.05) is 11.3 Å². The quantitative estimate of drug-likeness (QED) is 0.862. The fraction of sp³-hybridized carbons (Fsp3) is 0.100. The number of amides is 1. The fourth-order valence-corrected chi connectivity index (χ4v) is 1.74. The molecule has 0 atom stereocenters. The molecule has 2 rings (SSSR count). The summed E-state index contributed by atoms with van der Waals surface area (Å²) >= 11 is 1.18. The van der Waals surface area contributed by atoms with Gasteiger partial charge in [0.05, 0.1) is 11.3 Å². The predicted molar refractivity (Wildman–Crippen MR) is 63.8 cm³/mol. The van der Waals surface area contributed by atoms with Gasteiger partial charge in [-0.2, -0.15) is 0 Å². The van der Waals surface area contributed by atoms with E-state index in [0.29, 0.717) is 5.13 Å². The number of hydrogen-bond donors (Lipinski definition) is 2. The van der Waals surface area contributed by atoms with Gasteiger partial charge < -0.3 is 5.11 Å². The molecule has 2 aromatic rings. The Balaban J connectivity index is 2.21. The number of aryl methyl sites for hydroxylation is 1. The van der Waals surface area contributed by atoms with Crippen LogP contribution in [0, 0.1) is 6.92 Å². The van der Waals surface area contributed by atoms with Crippen molar-refractivity contribution in [3.8, 4) is 0 Å². The lowest BCUT2D eigenvalue weighted by Crippen LogP contribution is -2.15. The molecule has 2 aromatic heterocycles. The highest BCUT2D eigenvalue weighted by molar-refractivity contribution is 7.13. The van der Waals surface area contributed by atoms with E-state index in [2.05, 4.69) is 20.5 Å². The minimum absolute atomic E-state index is 0.0717. The molecule has 0 unspecified atom stereocenters. The van der Waals surface area contributed by atoms with Gasteiger partial charge in [0.15, 0.2) is 0 Å². The summed E-state index contributed by atoms with van der Waals surface area (Å²) in [7, 11) is 0. The van der Waals surface area contributed by atoms with Gasteiger partial charge in [-0.25, -0.2) is 9.78 Å². The van der Waals surface area contributed by atoms with Crippen molar-refractivity contribution in [3.05, 3.63) is 34.6 Å². The van der Waals surface area contributed by atoms with E-state index in [1.807, 2.05) is 0 Å². The minimum atomic E-state index is -1.07. The predicted octanol–water partition coefficient (Wildman–Crippen LogP) is 1.19. The van der Waals surface area contributed by atoms with E-state index in [4.69, 9.17) is 5.11 Å². The van der Waals surface area contributed by atoms with Gasteiger partial charge in [0.1, 0.15) is 11.2 Å². The maximum atomic E-state index is 11.8. The zero-order valence-corrected chi connectivity index (χ0v) is 10.1. The maximum absolute atomic E-state index is 11.8. The van der Waals surface area contributed by atoms with Crippen LogP contribution in [0.15, 0.2) is 17.6 Å². The fourth-order valence-electron chi connectivity index (χ4n) is 1.30. The zero-order chi connectivity index (χ0) is 13.1. The van der Waals surface area contributed by atoms with E-state index >= 15 is 0 Å². The molecule has 8 heteroatoms. The normalized spacial score (nSPS) is 10.1. The molecule has 0 aliphatic carbocycles. The van der Waals surface area contributed by atoms with Crippen LogP contribution in [0.3, 0.4) is 0 Å². The van der Waals surface area contributed by atoms with E-state index in [9.17, 15) is 9.59 Å². The monoisotopic (exact) mass is 264 g/mol. The third-order valence-corrected chi connectivity index (χ3v) is 2.74. The molecule has 1 amide bonds. The van der Waals surface area contributed by atoms with Gasteiger partial charge in [-0.3, -0.25) is 10.1 Å². The van der Waals surface area contributed by atoms with Crippen molar-refractivity contribution in [2.75, 3.05) is 5.32 Å². The van der Waals surface area contributed by atoms with Crippen LogP contribution < -0.4 is 5.32 Å². The van der Waals surface area contributed by atoms with Crippen molar-refractivity contribution >= 4 is 28.3 Å². The van der Waals surface area contributed by atoms with E-state index in [1.54, 1.807) is 0 Å². The molecule has 18 heavy (non-hydrogen) atoms. The number of nitrogens with one attached hydrogen (secondary N) is 1. The van der Waals surface area contributed by atoms with Crippen molar-refractivity contribution in [1.82, 2.24) is 15.2 Å². The Hall–Kier alpha value is -2.35. The van der Waals surface area contributed by atoms with Gasteiger partial charge in [0.25, 0.3) is 5.91 Å². The Morgan fingerprint density at radius 1 is 1.39 bits per heavy atom. The number of carbonyl (C=O) groups excluding carboxylic acids is 1. The summed E-state index contributed by atoms with van der Waals surface area (Å²) in [6.07, 6.45) is 0. The average Bonchev–Trinajstić information content (AvgIpc) is 2.81. The van der Waals surface area contributed by atoms with Gasteiger partial charge in [-0.05, 0) is 19.1 Å². The van der Waals surface area contributed by atoms with Crippen molar-refractivity contribution < 1.29 is 14.7 Å². The van der Waals surface area contributed by atoms with Crippen LogP contribution in [0.4, 0.5) is 5.13 Å². The second-order valence-electron chi connectivity index (χ2n) is 3.33. The number of rotatable bonds is 3. The van der Waals surface area contributed by atoms with Crippen LogP contribution in [0.25, 0.3) is 0 Å². The Bertz CT molecular complexity index is 597. The molecule has 0 bridgehead atoms. The van der Waals surface area contributed by atoms with Crippen molar-refractivity contribution in [2.24, 2.45) is 0 Å². The molecule has 92 valence electrons. The van der Waals surface area contributed by atoms with Gasteiger partial charge in [-0.15, -0.1) is 10.2 Å². The molecule has 0 spiro atoms. The van der Waals surface area contributed by atoms with Crippen LogP contribution in [0.2, 0.25) is 0 Å². The Kier molecular flexibility index (Phi) is 3.28. The number of aromatic carboxylic acids is 1. The van der Waals surface area contributed by atoms with E-state index in [0.717, 1.165) is 0 Å². The van der Waals surface area contributed by atoms with E-state index in [-0.39, 0.29) is 17.0 Å². The smallest absolute Gasteiger partial charge is 0.337 e. The summed E-state index contributed by atoms with van der Waals surface area (Å²) in [6, 6.07) is 2.70. The molecule has 0 aliphatic heterocycles. The van der Waals surface area contributed by atoms with E-state index < -0.39 is 11.9 Å². The second-order valence-corrected chi connectivity index (χ2v) is 4.17. The second kappa shape index (κ2) is 4.88. The largest absolute Gasteiger partial charge is 0.478 e. The Morgan fingerprint density at radius 2 is 2.17 bits per heavy atom. The number of hydrogen-bond acceptors (Lipinski definition) is 6. The highest BCUT2D eigenvalue weighted by Gasteiger charge is 2.13. The molecule has 2 N–H and O–H groups in total. The number of carboxylic acids is 1. The molecule has 2 heterocycles.